The van der Waals surface area contributed by atoms with Gasteiger partial charge in [0.1, 0.15) is 5.75 Å². The van der Waals surface area contributed by atoms with E-state index in [1.165, 1.54) is 9.80 Å². The van der Waals surface area contributed by atoms with E-state index in [2.05, 4.69) is 5.32 Å². The van der Waals surface area contributed by atoms with Gasteiger partial charge in [-0.25, -0.2) is 0 Å². The summed E-state index contributed by atoms with van der Waals surface area (Å²) in [6.45, 7) is 1.85. The van der Waals surface area contributed by atoms with Crippen LogP contribution in [0.3, 0.4) is 0 Å². The van der Waals surface area contributed by atoms with Gasteiger partial charge in [0.05, 0.1) is 16.8 Å². The summed E-state index contributed by atoms with van der Waals surface area (Å²) in [5.41, 5.74) is 1.99. The highest BCUT2D eigenvalue weighted by molar-refractivity contribution is 6.21. The van der Waals surface area contributed by atoms with E-state index in [0.29, 0.717) is 34.7 Å². The number of carbonyl (C=O) groups excluding carboxylic acids is 4. The van der Waals surface area contributed by atoms with Crippen LogP contribution in [0.5, 0.6) is 5.75 Å². The van der Waals surface area contributed by atoms with Gasteiger partial charge in [0.2, 0.25) is 5.91 Å². The normalized spacial score (nSPS) is 17.5. The van der Waals surface area contributed by atoms with Crippen LogP contribution in [0.2, 0.25) is 0 Å². The Hall–Kier alpha value is -3.68. The molecule has 30 heavy (non-hydrogen) atoms. The molecule has 0 radical (unpaired) electrons. The van der Waals surface area contributed by atoms with Gasteiger partial charge in [-0.05, 0) is 37.6 Å². The molecule has 154 valence electrons. The molecule has 2 aromatic rings. The average Bonchev–Trinajstić information content (AvgIpc) is 2.97. The van der Waals surface area contributed by atoms with Crippen LogP contribution >= 0.6 is 0 Å². The van der Waals surface area contributed by atoms with E-state index >= 15 is 0 Å². The summed E-state index contributed by atoms with van der Waals surface area (Å²) in [6, 6.07) is 11.8. The van der Waals surface area contributed by atoms with Crippen LogP contribution in [-0.4, -0.2) is 48.2 Å². The highest BCUT2D eigenvalue weighted by Crippen LogP contribution is 2.35. The van der Waals surface area contributed by atoms with E-state index in [9.17, 15) is 19.2 Å². The third kappa shape index (κ3) is 3.41. The molecule has 0 bridgehead atoms. The first kappa shape index (κ1) is 19.6. The second-order valence-electron chi connectivity index (χ2n) is 7.30. The molecule has 2 aromatic carbocycles. The topological polar surface area (TPSA) is 96.0 Å². The van der Waals surface area contributed by atoms with Gasteiger partial charge in [-0.15, -0.1) is 0 Å². The summed E-state index contributed by atoms with van der Waals surface area (Å²) in [5.74, 6) is -0.494. The van der Waals surface area contributed by atoms with Gasteiger partial charge in [-0.3, -0.25) is 24.1 Å². The molecular weight excluding hydrogens is 386 g/mol. The SMILES string of the molecule is CC1Oc2cc(NC(=O)CCCN3C(=O)c4ccccc4C3=O)ccc2N(C)C1=O. The molecule has 1 N–H and O–H groups in total. The predicted molar refractivity (Wildman–Crippen MR) is 110 cm³/mol. The number of likely N-dealkylation sites (N-methyl/N-ethyl adjacent to an activating group) is 1. The molecule has 8 nitrogen and oxygen atoms in total. The number of nitrogens with zero attached hydrogens (tertiary/aromatic N) is 2. The van der Waals surface area contributed by atoms with Crippen LogP contribution in [0.15, 0.2) is 42.5 Å². The van der Waals surface area contributed by atoms with E-state index in [-0.39, 0.29) is 36.6 Å². The lowest BCUT2D eigenvalue weighted by atomic mass is 10.1. The largest absolute Gasteiger partial charge is 0.479 e. The fourth-order valence-electron chi connectivity index (χ4n) is 3.66. The van der Waals surface area contributed by atoms with Crippen LogP contribution in [0, 0.1) is 0 Å². The van der Waals surface area contributed by atoms with Crippen molar-refractivity contribution < 1.29 is 23.9 Å². The molecule has 0 saturated carbocycles. The van der Waals surface area contributed by atoms with Crippen LogP contribution in [-0.2, 0) is 9.59 Å². The lowest BCUT2D eigenvalue weighted by molar-refractivity contribution is -0.125. The van der Waals surface area contributed by atoms with E-state index in [1.54, 1.807) is 56.4 Å². The second kappa shape index (κ2) is 7.62. The predicted octanol–water partition coefficient (Wildman–Crippen LogP) is 2.45. The van der Waals surface area contributed by atoms with Crippen molar-refractivity contribution in [3.05, 3.63) is 53.6 Å². The Morgan fingerprint density at radius 2 is 1.73 bits per heavy atom. The first-order valence-electron chi connectivity index (χ1n) is 9.70. The highest BCUT2D eigenvalue weighted by atomic mass is 16.5. The Kier molecular flexibility index (Phi) is 4.99. The van der Waals surface area contributed by atoms with Gasteiger partial charge in [0.15, 0.2) is 6.10 Å². The van der Waals surface area contributed by atoms with Gasteiger partial charge < -0.3 is 15.0 Å². The van der Waals surface area contributed by atoms with Gasteiger partial charge in [-0.2, -0.15) is 0 Å². The number of amides is 4. The van der Waals surface area contributed by atoms with E-state index in [4.69, 9.17) is 4.74 Å². The number of imide groups is 1. The number of hydrogen-bond donors (Lipinski definition) is 1. The lowest BCUT2D eigenvalue weighted by Gasteiger charge is -2.30. The molecule has 0 saturated heterocycles. The summed E-state index contributed by atoms with van der Waals surface area (Å²) in [6.07, 6.45) is -0.0826. The molecule has 2 heterocycles. The molecule has 0 spiro atoms. The Morgan fingerprint density at radius 1 is 1.07 bits per heavy atom. The maximum absolute atomic E-state index is 12.3. The molecule has 4 rings (SSSR count). The minimum Gasteiger partial charge on any atom is -0.479 e. The second-order valence-corrected chi connectivity index (χ2v) is 7.30. The summed E-state index contributed by atoms with van der Waals surface area (Å²) < 4.78 is 5.62. The molecule has 2 aliphatic heterocycles. The number of rotatable bonds is 5. The van der Waals surface area contributed by atoms with Crippen molar-refractivity contribution in [1.29, 1.82) is 0 Å². The Balaban J connectivity index is 1.33. The molecule has 0 aliphatic carbocycles. The third-order valence-electron chi connectivity index (χ3n) is 5.25. The fraction of sp³-hybridized carbons (Fsp3) is 0.273. The van der Waals surface area contributed by atoms with Crippen molar-refractivity contribution in [2.75, 3.05) is 23.8 Å². The van der Waals surface area contributed by atoms with Gasteiger partial charge in [0, 0.05) is 31.8 Å². The minimum absolute atomic E-state index is 0.132. The van der Waals surface area contributed by atoms with Crippen molar-refractivity contribution in [3.8, 4) is 5.75 Å². The monoisotopic (exact) mass is 407 g/mol. The maximum Gasteiger partial charge on any atom is 0.267 e. The van der Waals surface area contributed by atoms with Crippen LogP contribution in [0.4, 0.5) is 11.4 Å². The number of hydrogen-bond acceptors (Lipinski definition) is 5. The van der Waals surface area contributed by atoms with Gasteiger partial charge in [0.25, 0.3) is 17.7 Å². The fourth-order valence-corrected chi connectivity index (χ4v) is 3.66. The third-order valence-corrected chi connectivity index (χ3v) is 5.25. The molecule has 4 amide bonds. The molecule has 1 unspecified atom stereocenters. The summed E-state index contributed by atoms with van der Waals surface area (Å²) in [4.78, 5) is 51.7. The summed E-state index contributed by atoms with van der Waals surface area (Å²) in [7, 11) is 1.68. The Bertz CT molecular complexity index is 1030. The number of nitrogens with one attached hydrogen (secondary N) is 1. The molecular formula is C22H21N3O5. The first-order valence-corrected chi connectivity index (χ1v) is 9.70. The van der Waals surface area contributed by atoms with Gasteiger partial charge >= 0.3 is 0 Å². The van der Waals surface area contributed by atoms with Gasteiger partial charge in [-0.1, -0.05) is 12.1 Å². The molecule has 2 aliphatic rings. The Morgan fingerprint density at radius 3 is 2.40 bits per heavy atom. The van der Waals surface area contributed by atoms with Crippen molar-refractivity contribution in [2.45, 2.75) is 25.9 Å². The maximum atomic E-state index is 12.3. The standard InChI is InChI=1S/C22H21N3O5/c1-13-20(27)24(2)17-10-9-14(12-18(17)30-13)23-19(26)8-5-11-25-21(28)15-6-3-4-7-16(15)22(25)29/h3-4,6-7,9-10,12-13H,5,8,11H2,1-2H3,(H,23,26). The minimum atomic E-state index is -0.590. The van der Waals surface area contributed by atoms with E-state index < -0.39 is 6.10 Å². The summed E-state index contributed by atoms with van der Waals surface area (Å²) in [5, 5.41) is 2.79. The Labute approximate surface area is 173 Å². The molecule has 0 aromatic heterocycles. The number of carbonyl (C=O) groups is 4. The number of fused-ring (bicyclic) bond motifs is 2. The number of benzene rings is 2. The zero-order valence-electron chi connectivity index (χ0n) is 16.7. The number of ether oxygens (including phenoxy) is 1. The van der Waals surface area contributed by atoms with E-state index in [1.807, 2.05) is 0 Å². The average molecular weight is 407 g/mol. The van der Waals surface area contributed by atoms with Crippen LogP contribution in [0.25, 0.3) is 0 Å². The molecule has 1 atom stereocenters. The quantitative estimate of drug-likeness (QED) is 0.768. The van der Waals surface area contributed by atoms with Crippen molar-refractivity contribution in [3.63, 3.8) is 0 Å². The molecule has 8 heteroatoms. The smallest absolute Gasteiger partial charge is 0.267 e. The number of anilines is 2. The summed E-state index contributed by atoms with van der Waals surface area (Å²) >= 11 is 0. The zero-order chi connectivity index (χ0) is 21.4. The first-order chi connectivity index (χ1) is 14.4. The van der Waals surface area contributed by atoms with Crippen molar-refractivity contribution >= 4 is 35.0 Å². The molecule has 0 fully saturated rings. The van der Waals surface area contributed by atoms with E-state index in [0.717, 1.165) is 0 Å². The van der Waals surface area contributed by atoms with Crippen molar-refractivity contribution in [1.82, 2.24) is 4.90 Å². The zero-order valence-corrected chi connectivity index (χ0v) is 16.7. The lowest BCUT2D eigenvalue weighted by Crippen LogP contribution is -2.41. The van der Waals surface area contributed by atoms with Crippen LogP contribution < -0.4 is 15.0 Å². The van der Waals surface area contributed by atoms with Crippen LogP contribution in [0.1, 0.15) is 40.5 Å². The highest BCUT2D eigenvalue weighted by Gasteiger charge is 2.34. The van der Waals surface area contributed by atoms with Crippen molar-refractivity contribution in [2.24, 2.45) is 0 Å².